The quantitative estimate of drug-likeness (QED) is 0.200. The van der Waals surface area contributed by atoms with Crippen LogP contribution in [-0.4, -0.2) is 33.0 Å². The van der Waals surface area contributed by atoms with Gasteiger partial charge in [0, 0.05) is 30.7 Å². The molecule has 0 spiro atoms. The molecule has 6 nitrogen and oxygen atoms in total. The molecule has 9 heteroatoms. The number of hydrogen-bond acceptors (Lipinski definition) is 6. The van der Waals surface area contributed by atoms with Crippen LogP contribution >= 0.6 is 0 Å². The monoisotopic (exact) mass is 672 g/mol. The molecule has 0 unspecified atom stereocenters. The van der Waals surface area contributed by atoms with Crippen molar-refractivity contribution in [1.29, 1.82) is 0 Å². The second kappa shape index (κ2) is 23.6. The molecule has 0 saturated heterocycles. The molecule has 3 aromatic rings. The Morgan fingerprint density at radius 3 is 2.02 bits per heavy atom. The van der Waals surface area contributed by atoms with Gasteiger partial charge in [0.1, 0.15) is 24.3 Å². The third-order valence-corrected chi connectivity index (χ3v) is 7.21. The van der Waals surface area contributed by atoms with Crippen LogP contribution in [0.4, 0.5) is 13.2 Å². The van der Waals surface area contributed by atoms with Gasteiger partial charge in [0.2, 0.25) is 11.8 Å². The van der Waals surface area contributed by atoms with E-state index in [9.17, 15) is 13.2 Å². The zero-order valence-corrected chi connectivity index (χ0v) is 31.4. The normalized spacial score (nSPS) is 12.0. The lowest BCUT2D eigenvalue weighted by Crippen LogP contribution is -2.10. The van der Waals surface area contributed by atoms with Crippen molar-refractivity contribution in [2.45, 2.75) is 133 Å². The zero-order valence-electron chi connectivity index (χ0n) is 31.4. The van der Waals surface area contributed by atoms with Gasteiger partial charge in [0.25, 0.3) is 5.92 Å². The molecule has 0 radical (unpaired) electrons. The first-order valence-corrected chi connectivity index (χ1v) is 17.1. The third-order valence-electron chi connectivity index (χ3n) is 7.21. The van der Waals surface area contributed by atoms with E-state index < -0.39 is 5.92 Å². The number of alkyl halides is 2. The minimum atomic E-state index is -2.63. The molecule has 268 valence electrons. The van der Waals surface area contributed by atoms with Gasteiger partial charge in [0.05, 0.1) is 12.8 Å². The summed E-state index contributed by atoms with van der Waals surface area (Å²) in [6, 6.07) is 4.92. The molecular formula is C39H59F3N4O2. The van der Waals surface area contributed by atoms with Crippen LogP contribution in [0.5, 0.6) is 11.8 Å². The van der Waals surface area contributed by atoms with Crippen LogP contribution in [0.15, 0.2) is 49.0 Å². The van der Waals surface area contributed by atoms with E-state index in [0.717, 1.165) is 42.2 Å². The minimum Gasteiger partial charge on any atom is -0.480 e. The molecule has 1 saturated carbocycles. The zero-order chi connectivity index (χ0) is 36.9. The average Bonchev–Trinajstić information content (AvgIpc) is 3.94. The predicted octanol–water partition coefficient (Wildman–Crippen LogP) is 12.1. The van der Waals surface area contributed by atoms with Gasteiger partial charge in [-0.05, 0) is 69.4 Å². The summed E-state index contributed by atoms with van der Waals surface area (Å²) < 4.78 is 49.8. The maximum atomic E-state index is 14.5. The largest absolute Gasteiger partial charge is 0.480 e. The number of rotatable bonds is 10. The number of aryl methyl sites for hydroxylation is 1. The van der Waals surface area contributed by atoms with Gasteiger partial charge in [-0.1, -0.05) is 85.5 Å². The fourth-order valence-corrected chi connectivity index (χ4v) is 3.67. The Kier molecular flexibility index (Phi) is 21.7. The Bertz CT molecular complexity index is 1390. The Hall–Kier alpha value is -3.75. The summed E-state index contributed by atoms with van der Waals surface area (Å²) in [4.78, 5) is 17.5. The molecule has 0 amide bonds. The first-order valence-electron chi connectivity index (χ1n) is 17.1. The van der Waals surface area contributed by atoms with Gasteiger partial charge in [-0.3, -0.25) is 0 Å². The van der Waals surface area contributed by atoms with Crippen LogP contribution in [-0.2, 0) is 6.61 Å². The van der Waals surface area contributed by atoms with Crippen molar-refractivity contribution in [2.24, 2.45) is 0 Å². The smallest absolute Gasteiger partial charge is 0.266 e. The topological polar surface area (TPSA) is 70.0 Å². The van der Waals surface area contributed by atoms with Crippen molar-refractivity contribution in [1.82, 2.24) is 19.9 Å². The Morgan fingerprint density at radius 2 is 1.58 bits per heavy atom. The van der Waals surface area contributed by atoms with E-state index in [-0.39, 0.29) is 18.0 Å². The highest BCUT2D eigenvalue weighted by Crippen LogP contribution is 2.44. The molecule has 1 fully saturated rings. The van der Waals surface area contributed by atoms with Crippen LogP contribution in [0.25, 0.3) is 17.0 Å². The summed E-state index contributed by atoms with van der Waals surface area (Å²) in [5, 5.41) is 0. The van der Waals surface area contributed by atoms with Gasteiger partial charge in [-0.15, -0.1) is 0 Å². The average molecular weight is 673 g/mol. The van der Waals surface area contributed by atoms with Crippen molar-refractivity contribution in [3.05, 3.63) is 77.2 Å². The number of halogens is 3. The summed E-state index contributed by atoms with van der Waals surface area (Å²) >= 11 is 0. The fraction of sp³-hybridized carbons (Fsp3) is 0.538. The summed E-state index contributed by atoms with van der Waals surface area (Å²) in [5.74, 6) is -1.39. The molecule has 0 bridgehead atoms. The molecule has 0 atom stereocenters. The number of methoxy groups -OCH3 is 1. The Labute approximate surface area is 288 Å². The molecule has 1 aliphatic rings. The summed E-state index contributed by atoms with van der Waals surface area (Å²) in [7, 11) is 1.56. The van der Waals surface area contributed by atoms with Crippen molar-refractivity contribution >= 4 is 5.57 Å². The highest BCUT2D eigenvalue weighted by atomic mass is 19.3. The Morgan fingerprint density at radius 1 is 1.00 bits per heavy atom. The van der Waals surface area contributed by atoms with E-state index >= 15 is 0 Å². The van der Waals surface area contributed by atoms with Crippen molar-refractivity contribution < 1.29 is 22.6 Å². The van der Waals surface area contributed by atoms with Crippen molar-refractivity contribution in [2.75, 3.05) is 7.11 Å². The number of benzene rings is 1. The lowest BCUT2D eigenvalue weighted by atomic mass is 10.00. The van der Waals surface area contributed by atoms with Crippen LogP contribution in [0.1, 0.15) is 136 Å². The van der Waals surface area contributed by atoms with Crippen LogP contribution in [0.3, 0.4) is 0 Å². The van der Waals surface area contributed by atoms with Gasteiger partial charge in [-0.25, -0.2) is 28.1 Å². The van der Waals surface area contributed by atoms with Crippen molar-refractivity contribution in [3.63, 3.8) is 0 Å². The van der Waals surface area contributed by atoms with Crippen LogP contribution in [0.2, 0.25) is 0 Å². The second-order valence-electron chi connectivity index (χ2n) is 11.3. The lowest BCUT2D eigenvalue weighted by molar-refractivity contribution is 0.0633. The van der Waals surface area contributed by atoms with E-state index in [1.807, 2.05) is 27.7 Å². The standard InChI is InChI=1S/C23H23FN4O2.C6H10F2.2C4H10.C2H6/c1-13(2)17-10-18(24)16(9-14(17)3)11-30-19-7-8-25-22(28-19)20-21(15-5-6-15)26-12-27-23(20)29-4;1-4-5(2)6(3,7)8;2*1-3-4-2;1-2/h7-10,12,15H,1,5-6,11H2,2-4H3;4H,1-3H3;2*3-4H2,1-2H3;1-2H3/b;5-4+;;;. The highest BCUT2D eigenvalue weighted by Gasteiger charge is 2.31. The highest BCUT2D eigenvalue weighted by molar-refractivity contribution is 5.66. The molecule has 1 aliphatic carbocycles. The fourth-order valence-electron chi connectivity index (χ4n) is 3.67. The summed E-state index contributed by atoms with van der Waals surface area (Å²) in [5.41, 5.74) is 4.73. The first kappa shape index (κ1) is 44.2. The van der Waals surface area contributed by atoms with Crippen LogP contribution in [0, 0.1) is 12.7 Å². The van der Waals surface area contributed by atoms with Gasteiger partial charge in [-0.2, -0.15) is 4.98 Å². The van der Waals surface area contributed by atoms with Crippen LogP contribution < -0.4 is 9.47 Å². The SMILES string of the molecule is C/C=C(\C)C(C)(F)F.C=C(C)c1cc(F)c(COc2ccnc(-c3c(OC)ncnc3C3CC3)n2)cc1C.CC.CCCC.CCCC. The molecular weight excluding hydrogens is 613 g/mol. The molecule has 2 aromatic heterocycles. The maximum Gasteiger partial charge on any atom is 0.266 e. The molecule has 0 aliphatic heterocycles. The van der Waals surface area contributed by atoms with Gasteiger partial charge >= 0.3 is 0 Å². The third kappa shape index (κ3) is 15.4. The van der Waals surface area contributed by atoms with E-state index in [0.29, 0.717) is 34.6 Å². The number of allylic oxidation sites excluding steroid dienone is 3. The summed E-state index contributed by atoms with van der Waals surface area (Å²) in [6.07, 6.45) is 11.9. The summed E-state index contributed by atoms with van der Waals surface area (Å²) in [6.45, 7) is 24.4. The van der Waals surface area contributed by atoms with E-state index in [1.165, 1.54) is 51.1 Å². The van der Waals surface area contributed by atoms with Gasteiger partial charge in [0.15, 0.2) is 5.82 Å². The maximum absolute atomic E-state index is 14.5. The molecule has 0 N–H and O–H groups in total. The molecule has 48 heavy (non-hydrogen) atoms. The number of unbranched alkanes of at least 4 members (excludes halogenated alkanes) is 2. The lowest BCUT2D eigenvalue weighted by Gasteiger charge is -2.13. The molecule has 4 rings (SSSR count). The van der Waals surface area contributed by atoms with E-state index in [4.69, 9.17) is 9.47 Å². The minimum absolute atomic E-state index is 0.0531. The molecule has 2 heterocycles. The number of ether oxygens (including phenoxy) is 2. The van der Waals surface area contributed by atoms with Crippen molar-refractivity contribution in [3.8, 4) is 23.1 Å². The van der Waals surface area contributed by atoms with E-state index in [2.05, 4.69) is 54.2 Å². The molecule has 1 aromatic carbocycles. The predicted molar refractivity (Wildman–Crippen MR) is 194 cm³/mol. The number of hydrogen-bond donors (Lipinski definition) is 0. The first-order chi connectivity index (χ1) is 22.8. The number of aromatic nitrogens is 4. The second-order valence-corrected chi connectivity index (χ2v) is 11.3. The Balaban J connectivity index is 0.00000102. The number of nitrogens with zero attached hydrogens (tertiary/aromatic N) is 4. The van der Waals surface area contributed by atoms with Gasteiger partial charge < -0.3 is 9.47 Å². The van der Waals surface area contributed by atoms with E-state index in [1.54, 1.807) is 32.4 Å².